The Morgan fingerprint density at radius 1 is 1.11 bits per heavy atom. The molecule has 3 rings (SSSR count). The van der Waals surface area contributed by atoms with Gasteiger partial charge in [-0.05, 0) is 30.2 Å². The molecule has 7 heteroatoms. The Morgan fingerprint density at radius 3 is 2.54 bits per heavy atom. The second-order valence-electron chi connectivity index (χ2n) is 6.66. The third kappa shape index (κ3) is 4.68. The first-order valence-electron chi connectivity index (χ1n) is 9.27. The zero-order valence-electron chi connectivity index (χ0n) is 15.9. The molecule has 7 nitrogen and oxygen atoms in total. The average molecular weight is 380 g/mol. The molecule has 146 valence electrons. The number of hydrogen-bond acceptors (Lipinski definition) is 4. The molecule has 0 spiro atoms. The second-order valence-corrected chi connectivity index (χ2v) is 6.66. The van der Waals surface area contributed by atoms with Gasteiger partial charge in [-0.15, -0.1) is 0 Å². The standard InChI is InChI=1S/C21H24N4O3/c1-24(17-9-3-2-4-10-17)13-7-12-22-20(27)18-11-6-5-8-16(18)15-25-19(26)14-23-21(25)28/h2-6,8-11H,7,12-15H2,1H3,(H,22,27)(H,23,28). The molecule has 1 aliphatic rings. The van der Waals surface area contributed by atoms with E-state index in [4.69, 9.17) is 0 Å². The number of rotatable bonds is 8. The number of carbonyl (C=O) groups is 3. The van der Waals surface area contributed by atoms with Crippen molar-refractivity contribution < 1.29 is 14.4 Å². The smallest absolute Gasteiger partial charge is 0.324 e. The van der Waals surface area contributed by atoms with E-state index in [1.165, 1.54) is 0 Å². The number of anilines is 1. The van der Waals surface area contributed by atoms with Gasteiger partial charge >= 0.3 is 6.03 Å². The Hall–Kier alpha value is -3.35. The van der Waals surface area contributed by atoms with Crippen LogP contribution < -0.4 is 15.5 Å². The van der Waals surface area contributed by atoms with Gasteiger partial charge in [-0.2, -0.15) is 0 Å². The molecule has 0 aliphatic carbocycles. The van der Waals surface area contributed by atoms with Crippen molar-refractivity contribution in [3.63, 3.8) is 0 Å². The molecule has 2 aromatic rings. The number of carbonyl (C=O) groups excluding carboxylic acids is 3. The van der Waals surface area contributed by atoms with Crippen LogP contribution in [0.5, 0.6) is 0 Å². The van der Waals surface area contributed by atoms with Crippen molar-refractivity contribution in [2.75, 3.05) is 31.6 Å². The lowest BCUT2D eigenvalue weighted by Gasteiger charge is -2.19. The number of benzene rings is 2. The van der Waals surface area contributed by atoms with Crippen LogP contribution in [-0.4, -0.2) is 49.4 Å². The Balaban J connectivity index is 1.53. The molecule has 0 unspecified atom stereocenters. The molecule has 0 atom stereocenters. The number of nitrogens with zero attached hydrogens (tertiary/aromatic N) is 2. The maximum Gasteiger partial charge on any atom is 0.324 e. The molecule has 1 aliphatic heterocycles. The number of para-hydroxylation sites is 1. The zero-order valence-corrected chi connectivity index (χ0v) is 15.9. The fourth-order valence-electron chi connectivity index (χ4n) is 3.09. The van der Waals surface area contributed by atoms with Crippen LogP contribution in [0.25, 0.3) is 0 Å². The molecule has 0 radical (unpaired) electrons. The van der Waals surface area contributed by atoms with Gasteiger partial charge in [0.1, 0.15) is 0 Å². The van der Waals surface area contributed by atoms with Gasteiger partial charge in [-0.3, -0.25) is 14.5 Å². The van der Waals surface area contributed by atoms with E-state index in [2.05, 4.69) is 15.5 Å². The van der Waals surface area contributed by atoms with E-state index >= 15 is 0 Å². The minimum absolute atomic E-state index is 0.00211. The van der Waals surface area contributed by atoms with Gasteiger partial charge < -0.3 is 15.5 Å². The van der Waals surface area contributed by atoms with Crippen LogP contribution in [0.4, 0.5) is 10.5 Å². The molecule has 1 heterocycles. The van der Waals surface area contributed by atoms with Crippen LogP contribution in [0.2, 0.25) is 0 Å². The molecule has 2 aromatic carbocycles. The van der Waals surface area contributed by atoms with E-state index < -0.39 is 6.03 Å². The van der Waals surface area contributed by atoms with Crippen LogP contribution in [0.3, 0.4) is 0 Å². The Bertz CT molecular complexity index is 838. The predicted octanol–water partition coefficient (Wildman–Crippen LogP) is 1.99. The van der Waals surface area contributed by atoms with Crippen molar-refractivity contribution in [2.24, 2.45) is 0 Å². The molecule has 0 bridgehead atoms. The van der Waals surface area contributed by atoms with E-state index in [0.29, 0.717) is 17.7 Å². The highest BCUT2D eigenvalue weighted by Gasteiger charge is 2.29. The summed E-state index contributed by atoms with van der Waals surface area (Å²) in [5.74, 6) is -0.492. The maximum absolute atomic E-state index is 12.6. The lowest BCUT2D eigenvalue weighted by Crippen LogP contribution is -2.32. The van der Waals surface area contributed by atoms with Gasteiger partial charge in [0.15, 0.2) is 0 Å². The van der Waals surface area contributed by atoms with Crippen molar-refractivity contribution in [3.05, 3.63) is 65.7 Å². The summed E-state index contributed by atoms with van der Waals surface area (Å²) >= 11 is 0. The van der Waals surface area contributed by atoms with Crippen LogP contribution in [0, 0.1) is 0 Å². The first kappa shape index (κ1) is 19.4. The van der Waals surface area contributed by atoms with Gasteiger partial charge in [0.25, 0.3) is 5.91 Å². The highest BCUT2D eigenvalue weighted by Crippen LogP contribution is 2.14. The summed E-state index contributed by atoms with van der Waals surface area (Å²) in [4.78, 5) is 39.4. The van der Waals surface area contributed by atoms with Gasteiger partial charge in [0.2, 0.25) is 5.91 Å². The maximum atomic E-state index is 12.6. The van der Waals surface area contributed by atoms with E-state index in [1.807, 2.05) is 37.4 Å². The SMILES string of the molecule is CN(CCCNC(=O)c1ccccc1CN1C(=O)CNC1=O)c1ccccc1. The lowest BCUT2D eigenvalue weighted by molar-refractivity contribution is -0.125. The molecule has 1 fully saturated rings. The molecule has 0 saturated carbocycles. The van der Waals surface area contributed by atoms with E-state index in [-0.39, 0.29) is 24.9 Å². The minimum atomic E-state index is -0.427. The van der Waals surface area contributed by atoms with Crippen LogP contribution >= 0.6 is 0 Å². The van der Waals surface area contributed by atoms with Crippen molar-refractivity contribution >= 4 is 23.5 Å². The summed E-state index contributed by atoms with van der Waals surface area (Å²) in [7, 11) is 2.02. The number of urea groups is 1. The fraction of sp³-hybridized carbons (Fsp3) is 0.286. The molecule has 1 saturated heterocycles. The quantitative estimate of drug-likeness (QED) is 0.542. The van der Waals surface area contributed by atoms with Crippen molar-refractivity contribution in [1.29, 1.82) is 0 Å². The topological polar surface area (TPSA) is 81.8 Å². The molecular weight excluding hydrogens is 356 g/mol. The van der Waals surface area contributed by atoms with Crippen LogP contribution in [-0.2, 0) is 11.3 Å². The van der Waals surface area contributed by atoms with Gasteiger partial charge in [0, 0.05) is 31.4 Å². The normalized spacial score (nSPS) is 13.4. The summed E-state index contributed by atoms with van der Waals surface area (Å²) in [6.07, 6.45) is 0.798. The Labute approximate surface area is 164 Å². The lowest BCUT2D eigenvalue weighted by atomic mass is 10.1. The third-order valence-electron chi connectivity index (χ3n) is 4.68. The predicted molar refractivity (Wildman–Crippen MR) is 107 cm³/mol. The fourth-order valence-corrected chi connectivity index (χ4v) is 3.09. The molecule has 4 amide bonds. The first-order valence-corrected chi connectivity index (χ1v) is 9.27. The number of imide groups is 1. The van der Waals surface area contributed by atoms with Crippen molar-refractivity contribution in [3.8, 4) is 0 Å². The van der Waals surface area contributed by atoms with E-state index in [1.54, 1.807) is 24.3 Å². The zero-order chi connectivity index (χ0) is 19.9. The molecule has 2 N–H and O–H groups in total. The highest BCUT2D eigenvalue weighted by atomic mass is 16.2. The van der Waals surface area contributed by atoms with Gasteiger partial charge in [0.05, 0.1) is 13.1 Å². The average Bonchev–Trinajstić information content (AvgIpc) is 3.04. The molecule has 0 aromatic heterocycles. The van der Waals surface area contributed by atoms with Gasteiger partial charge in [-0.1, -0.05) is 36.4 Å². The monoisotopic (exact) mass is 380 g/mol. The molecule has 28 heavy (non-hydrogen) atoms. The summed E-state index contributed by atoms with van der Waals surface area (Å²) in [6.45, 7) is 1.44. The first-order chi connectivity index (χ1) is 13.6. The number of nitrogens with one attached hydrogen (secondary N) is 2. The summed E-state index contributed by atoms with van der Waals surface area (Å²) in [5.41, 5.74) is 2.26. The van der Waals surface area contributed by atoms with Crippen LogP contribution in [0.15, 0.2) is 54.6 Å². The van der Waals surface area contributed by atoms with Gasteiger partial charge in [-0.25, -0.2) is 4.79 Å². The third-order valence-corrected chi connectivity index (χ3v) is 4.68. The number of hydrogen-bond donors (Lipinski definition) is 2. The summed E-state index contributed by atoms with van der Waals surface area (Å²) in [5, 5.41) is 5.41. The minimum Gasteiger partial charge on any atom is -0.375 e. The van der Waals surface area contributed by atoms with Crippen molar-refractivity contribution in [1.82, 2.24) is 15.5 Å². The van der Waals surface area contributed by atoms with Crippen molar-refractivity contribution in [2.45, 2.75) is 13.0 Å². The largest absolute Gasteiger partial charge is 0.375 e. The summed E-state index contributed by atoms with van der Waals surface area (Å²) < 4.78 is 0. The van der Waals surface area contributed by atoms with E-state index in [9.17, 15) is 14.4 Å². The second kappa shape index (κ2) is 9.03. The Kier molecular flexibility index (Phi) is 6.26. The Morgan fingerprint density at radius 2 is 1.82 bits per heavy atom. The van der Waals surface area contributed by atoms with E-state index in [0.717, 1.165) is 23.6 Å². The highest BCUT2D eigenvalue weighted by molar-refractivity contribution is 6.02. The summed E-state index contributed by atoms with van der Waals surface area (Å²) in [6, 6.07) is 16.7. The van der Waals surface area contributed by atoms with Crippen LogP contribution in [0.1, 0.15) is 22.3 Å². The number of amides is 4. The molecular formula is C21H24N4O3.